The summed E-state index contributed by atoms with van der Waals surface area (Å²) in [7, 11) is 0. The molecule has 1 aliphatic rings. The molecule has 4 nitrogen and oxygen atoms in total. The van der Waals surface area contributed by atoms with E-state index in [1.54, 1.807) is 0 Å². The van der Waals surface area contributed by atoms with E-state index in [1.807, 2.05) is 0 Å². The average molecular weight is 286 g/mol. The number of anilines is 1. The number of imidazole rings is 1. The predicted molar refractivity (Wildman–Crippen MR) is 87.8 cm³/mol. The number of hydrogen-bond donors (Lipinski definition) is 1. The highest BCUT2D eigenvalue weighted by Gasteiger charge is 2.25. The van der Waals surface area contributed by atoms with E-state index in [9.17, 15) is 0 Å². The highest BCUT2D eigenvalue weighted by atomic mass is 15.3. The third kappa shape index (κ3) is 2.77. The van der Waals surface area contributed by atoms with Crippen molar-refractivity contribution in [3.63, 3.8) is 0 Å². The first-order valence-corrected chi connectivity index (χ1v) is 8.19. The molecule has 21 heavy (non-hydrogen) atoms. The fourth-order valence-electron chi connectivity index (χ4n) is 3.26. The molecule has 3 rings (SSSR count). The maximum atomic E-state index is 6.23. The summed E-state index contributed by atoms with van der Waals surface area (Å²) < 4.78 is 2.21. The van der Waals surface area contributed by atoms with E-state index < -0.39 is 0 Å². The number of fused-ring (bicyclic) bond motifs is 1. The van der Waals surface area contributed by atoms with Gasteiger partial charge in [0.25, 0.3) is 0 Å². The highest BCUT2D eigenvalue weighted by Crippen LogP contribution is 2.29. The lowest BCUT2D eigenvalue weighted by Crippen LogP contribution is -2.38. The van der Waals surface area contributed by atoms with Gasteiger partial charge in [0.15, 0.2) is 5.82 Å². The van der Waals surface area contributed by atoms with Crippen molar-refractivity contribution in [3.05, 3.63) is 30.1 Å². The van der Waals surface area contributed by atoms with E-state index in [4.69, 9.17) is 10.7 Å². The monoisotopic (exact) mass is 286 g/mol. The molecular weight excluding hydrogens is 260 g/mol. The van der Waals surface area contributed by atoms with Crippen molar-refractivity contribution in [2.75, 3.05) is 11.4 Å². The summed E-state index contributed by atoms with van der Waals surface area (Å²) in [6, 6.07) is 6.97. The molecule has 2 N–H and O–H groups in total. The molecule has 0 spiro atoms. The lowest BCUT2D eigenvalue weighted by Gasteiger charge is -2.34. The normalized spacial score (nSPS) is 20.9. The number of rotatable bonds is 4. The molecule has 2 aromatic heterocycles. The molecule has 2 atom stereocenters. The van der Waals surface area contributed by atoms with Crippen molar-refractivity contribution in [3.8, 4) is 0 Å². The lowest BCUT2D eigenvalue weighted by molar-refractivity contribution is 0.479. The van der Waals surface area contributed by atoms with Gasteiger partial charge in [-0.25, -0.2) is 4.98 Å². The largest absolute Gasteiger partial charge is 0.352 e. The van der Waals surface area contributed by atoms with E-state index in [-0.39, 0.29) is 6.04 Å². The third-order valence-corrected chi connectivity index (χ3v) is 4.66. The topological polar surface area (TPSA) is 46.6 Å². The first-order valence-electron chi connectivity index (χ1n) is 8.19. The Morgan fingerprint density at radius 1 is 1.38 bits per heavy atom. The summed E-state index contributed by atoms with van der Waals surface area (Å²) in [6.45, 7) is 5.57. The molecule has 0 bridgehead atoms. The Morgan fingerprint density at radius 3 is 3.00 bits per heavy atom. The first kappa shape index (κ1) is 14.4. The van der Waals surface area contributed by atoms with Gasteiger partial charge in [-0.1, -0.05) is 13.0 Å². The first-order chi connectivity index (χ1) is 10.2. The summed E-state index contributed by atoms with van der Waals surface area (Å²) in [6.07, 6.45) is 7.84. The van der Waals surface area contributed by atoms with Crippen LogP contribution < -0.4 is 10.6 Å². The maximum absolute atomic E-state index is 6.23. The Hall–Kier alpha value is -1.55. The van der Waals surface area contributed by atoms with E-state index in [2.05, 4.69) is 47.5 Å². The van der Waals surface area contributed by atoms with Gasteiger partial charge in [0.2, 0.25) is 0 Å². The molecule has 4 heteroatoms. The zero-order valence-electron chi connectivity index (χ0n) is 13.1. The molecule has 0 saturated carbocycles. The van der Waals surface area contributed by atoms with E-state index in [0.29, 0.717) is 6.04 Å². The Morgan fingerprint density at radius 2 is 2.24 bits per heavy atom. The van der Waals surface area contributed by atoms with Crippen LogP contribution in [0.15, 0.2) is 24.4 Å². The highest BCUT2D eigenvalue weighted by molar-refractivity contribution is 5.57. The van der Waals surface area contributed by atoms with Crippen LogP contribution in [0.1, 0.15) is 45.2 Å². The van der Waals surface area contributed by atoms with Gasteiger partial charge < -0.3 is 15.0 Å². The zero-order valence-corrected chi connectivity index (χ0v) is 13.1. The van der Waals surface area contributed by atoms with Gasteiger partial charge in [0.1, 0.15) is 5.65 Å². The smallest absolute Gasteiger partial charge is 0.151 e. The number of piperidine rings is 1. The Kier molecular flexibility index (Phi) is 4.15. The van der Waals surface area contributed by atoms with Gasteiger partial charge in [-0.2, -0.15) is 0 Å². The summed E-state index contributed by atoms with van der Waals surface area (Å²) >= 11 is 0. The minimum Gasteiger partial charge on any atom is -0.352 e. The van der Waals surface area contributed by atoms with Crippen LogP contribution in [-0.2, 0) is 6.42 Å². The predicted octanol–water partition coefficient (Wildman–Crippen LogP) is 2.99. The lowest BCUT2D eigenvalue weighted by atomic mass is 10.0. The quantitative estimate of drug-likeness (QED) is 0.940. The van der Waals surface area contributed by atoms with E-state index in [1.165, 1.54) is 25.0 Å². The van der Waals surface area contributed by atoms with Crippen molar-refractivity contribution >= 4 is 11.5 Å². The molecule has 3 heterocycles. The second-order valence-electron chi connectivity index (χ2n) is 6.22. The van der Waals surface area contributed by atoms with Crippen LogP contribution in [0.25, 0.3) is 5.65 Å². The molecule has 0 aromatic carbocycles. The van der Waals surface area contributed by atoms with Gasteiger partial charge in [-0.3, -0.25) is 0 Å². The number of nitrogens with two attached hydrogens (primary N) is 1. The van der Waals surface area contributed by atoms with Crippen molar-refractivity contribution in [1.82, 2.24) is 9.38 Å². The van der Waals surface area contributed by atoms with Crippen molar-refractivity contribution in [2.24, 2.45) is 5.73 Å². The molecule has 1 aliphatic heterocycles. The molecule has 1 saturated heterocycles. The molecular formula is C17H26N4. The number of hydrogen-bond acceptors (Lipinski definition) is 3. The average Bonchev–Trinajstić information content (AvgIpc) is 2.86. The molecule has 0 aliphatic carbocycles. The summed E-state index contributed by atoms with van der Waals surface area (Å²) in [4.78, 5) is 7.39. The fraction of sp³-hybridized carbons (Fsp3) is 0.588. The Labute approximate surface area is 127 Å². The summed E-state index contributed by atoms with van der Waals surface area (Å²) in [5.74, 6) is 1.15. The number of pyridine rings is 1. The number of aromatic nitrogens is 2. The SMILES string of the molecule is CCC(N)Cc1c(N2CCCCC2C)nc2ccccn12. The van der Waals surface area contributed by atoms with Gasteiger partial charge in [-0.05, 0) is 44.7 Å². The van der Waals surface area contributed by atoms with Gasteiger partial charge >= 0.3 is 0 Å². The molecule has 1 fully saturated rings. The molecule has 2 aromatic rings. The summed E-state index contributed by atoms with van der Waals surface area (Å²) in [5.41, 5.74) is 8.53. The fourth-order valence-corrected chi connectivity index (χ4v) is 3.26. The van der Waals surface area contributed by atoms with Crippen molar-refractivity contribution in [1.29, 1.82) is 0 Å². The van der Waals surface area contributed by atoms with Crippen LogP contribution in [0.4, 0.5) is 5.82 Å². The Bertz CT molecular complexity index is 604. The second kappa shape index (κ2) is 6.06. The molecule has 2 unspecified atom stereocenters. The zero-order chi connectivity index (χ0) is 14.8. The van der Waals surface area contributed by atoms with Crippen LogP contribution in [0.3, 0.4) is 0 Å². The molecule has 114 valence electrons. The van der Waals surface area contributed by atoms with E-state index in [0.717, 1.165) is 30.9 Å². The van der Waals surface area contributed by atoms with E-state index >= 15 is 0 Å². The standard InChI is InChI=1S/C17H26N4/c1-3-14(18)12-15-17(20-10-6-4-8-13(20)2)19-16-9-5-7-11-21(15)16/h5,7,9,11,13-14H,3-4,6,8,10,12,18H2,1-2H3. The Balaban J connectivity index is 2.05. The second-order valence-corrected chi connectivity index (χ2v) is 6.22. The van der Waals surface area contributed by atoms with Crippen molar-refractivity contribution < 1.29 is 0 Å². The molecule has 0 radical (unpaired) electrons. The van der Waals surface area contributed by atoms with Crippen LogP contribution in [0, 0.1) is 0 Å². The minimum absolute atomic E-state index is 0.198. The van der Waals surface area contributed by atoms with Gasteiger partial charge in [-0.15, -0.1) is 0 Å². The van der Waals surface area contributed by atoms with Crippen LogP contribution in [0.2, 0.25) is 0 Å². The van der Waals surface area contributed by atoms with Crippen LogP contribution in [-0.4, -0.2) is 28.0 Å². The summed E-state index contributed by atoms with van der Waals surface area (Å²) in [5, 5.41) is 0. The minimum atomic E-state index is 0.198. The molecule has 0 amide bonds. The van der Waals surface area contributed by atoms with Crippen LogP contribution >= 0.6 is 0 Å². The number of nitrogens with zero attached hydrogens (tertiary/aromatic N) is 3. The van der Waals surface area contributed by atoms with Gasteiger partial charge in [0.05, 0.1) is 5.69 Å². The van der Waals surface area contributed by atoms with Crippen molar-refractivity contribution in [2.45, 2.75) is 58.0 Å². The maximum Gasteiger partial charge on any atom is 0.151 e. The van der Waals surface area contributed by atoms with Gasteiger partial charge in [0, 0.05) is 31.2 Å². The van der Waals surface area contributed by atoms with Crippen LogP contribution in [0.5, 0.6) is 0 Å². The third-order valence-electron chi connectivity index (χ3n) is 4.66.